The average molecular weight is 506 g/mol. The number of hydrogen-bond acceptors (Lipinski definition) is 8. The van der Waals surface area contributed by atoms with E-state index in [0.29, 0.717) is 35.1 Å². The van der Waals surface area contributed by atoms with Crippen LogP contribution in [0, 0.1) is 26.7 Å². The second-order valence-corrected chi connectivity index (χ2v) is 9.27. The van der Waals surface area contributed by atoms with Gasteiger partial charge in [-0.25, -0.2) is 10.1 Å². The third-order valence-electron chi connectivity index (χ3n) is 6.85. The molecular weight excluding hydrogens is 474 g/mol. The van der Waals surface area contributed by atoms with Crippen LogP contribution in [-0.2, 0) is 4.79 Å². The molecule has 2 fully saturated rings. The zero-order valence-corrected chi connectivity index (χ0v) is 21.5. The van der Waals surface area contributed by atoms with Crippen molar-refractivity contribution < 1.29 is 19.1 Å². The number of benzene rings is 2. The Bertz CT molecular complexity index is 1350. The van der Waals surface area contributed by atoms with E-state index in [2.05, 4.69) is 52.5 Å². The fraction of sp³-hybridized carbons (Fsp3) is 0.346. The van der Waals surface area contributed by atoms with Crippen molar-refractivity contribution in [3.8, 4) is 11.5 Å². The minimum Gasteiger partial charge on any atom is -0.497 e. The number of ether oxygens (including phenoxy) is 2. The van der Waals surface area contributed by atoms with E-state index in [-0.39, 0.29) is 23.9 Å². The number of carbonyl (C=O) groups is 2. The number of nitrogens with zero attached hydrogens (tertiary/aromatic N) is 3. The Morgan fingerprint density at radius 2 is 1.86 bits per heavy atom. The van der Waals surface area contributed by atoms with Gasteiger partial charge in [0.25, 0.3) is 5.91 Å². The molecule has 0 radical (unpaired) electrons. The molecule has 2 aromatic carbocycles. The molecule has 5 rings (SSSR count). The van der Waals surface area contributed by atoms with Gasteiger partial charge in [-0.2, -0.15) is 5.10 Å². The van der Waals surface area contributed by atoms with E-state index < -0.39 is 6.29 Å². The summed E-state index contributed by atoms with van der Waals surface area (Å²) in [6.45, 7) is 6.46. The summed E-state index contributed by atoms with van der Waals surface area (Å²) in [5.74, 6) is 0.621. The summed E-state index contributed by atoms with van der Waals surface area (Å²) in [5.41, 5.74) is 7.71. The van der Waals surface area contributed by atoms with E-state index >= 15 is 0 Å². The van der Waals surface area contributed by atoms with Crippen molar-refractivity contribution in [1.29, 1.82) is 0 Å². The number of anilines is 2. The molecule has 3 aromatic rings. The van der Waals surface area contributed by atoms with Gasteiger partial charge in [-0.3, -0.25) is 19.9 Å². The topological polar surface area (TPSA) is 122 Å². The summed E-state index contributed by atoms with van der Waals surface area (Å²) in [7, 11) is 3.04. The highest BCUT2D eigenvalue weighted by molar-refractivity contribution is 6.06. The first-order chi connectivity index (χ1) is 17.8. The summed E-state index contributed by atoms with van der Waals surface area (Å²) in [5, 5.41) is 15.9. The van der Waals surface area contributed by atoms with Crippen LogP contribution in [0.4, 0.5) is 11.5 Å². The first-order valence-electron chi connectivity index (χ1n) is 12.0. The number of hydrogen-bond donors (Lipinski definition) is 4. The molecule has 0 aliphatic carbocycles. The Balaban J connectivity index is 1.40. The summed E-state index contributed by atoms with van der Waals surface area (Å²) >= 11 is 0. The highest BCUT2D eigenvalue weighted by Gasteiger charge is 2.45. The third kappa shape index (κ3) is 4.58. The molecule has 194 valence electrons. The predicted molar refractivity (Wildman–Crippen MR) is 138 cm³/mol. The monoisotopic (exact) mass is 505 g/mol. The minimum absolute atomic E-state index is 0.102. The molecule has 0 bridgehead atoms. The van der Waals surface area contributed by atoms with E-state index in [0.717, 1.165) is 5.69 Å². The lowest BCUT2D eigenvalue weighted by Gasteiger charge is -2.37. The van der Waals surface area contributed by atoms with E-state index in [4.69, 9.17) is 9.47 Å². The van der Waals surface area contributed by atoms with Crippen molar-refractivity contribution in [2.45, 2.75) is 33.2 Å². The summed E-state index contributed by atoms with van der Waals surface area (Å²) < 4.78 is 12.2. The lowest BCUT2D eigenvalue weighted by Crippen LogP contribution is -2.61. The van der Waals surface area contributed by atoms with Crippen molar-refractivity contribution in [2.75, 3.05) is 31.1 Å². The Labute approximate surface area is 215 Å². The maximum absolute atomic E-state index is 13.2. The Kier molecular flexibility index (Phi) is 6.48. The van der Waals surface area contributed by atoms with Gasteiger partial charge >= 0.3 is 0 Å². The van der Waals surface area contributed by atoms with Crippen molar-refractivity contribution in [1.82, 2.24) is 25.8 Å². The van der Waals surface area contributed by atoms with Crippen LogP contribution in [0.1, 0.15) is 33.5 Å². The molecule has 3 heterocycles. The van der Waals surface area contributed by atoms with Crippen LogP contribution in [0.25, 0.3) is 0 Å². The summed E-state index contributed by atoms with van der Waals surface area (Å²) in [6, 6.07) is 12.9. The van der Waals surface area contributed by atoms with Gasteiger partial charge in [0.2, 0.25) is 5.91 Å². The number of fused-ring (bicyclic) bond motifs is 1. The van der Waals surface area contributed by atoms with Gasteiger partial charge in [0.05, 0.1) is 37.1 Å². The highest BCUT2D eigenvalue weighted by atomic mass is 16.5. The number of rotatable bonds is 6. The maximum atomic E-state index is 13.2. The molecular formula is C26H31N7O4. The highest BCUT2D eigenvalue weighted by Crippen LogP contribution is 2.30. The maximum Gasteiger partial charge on any atom is 0.260 e. The van der Waals surface area contributed by atoms with Gasteiger partial charge in [0, 0.05) is 18.7 Å². The number of aryl methyl sites for hydroxylation is 3. The molecule has 2 amide bonds. The molecule has 4 N–H and O–H groups in total. The van der Waals surface area contributed by atoms with Gasteiger partial charge in [0.1, 0.15) is 23.5 Å². The molecule has 1 aromatic heterocycles. The largest absolute Gasteiger partial charge is 0.497 e. The van der Waals surface area contributed by atoms with Gasteiger partial charge in [-0.1, -0.05) is 6.07 Å². The number of aromatic nitrogens is 2. The molecule has 11 nitrogen and oxygen atoms in total. The molecule has 0 saturated carbocycles. The lowest BCUT2D eigenvalue weighted by molar-refractivity contribution is -0.129. The smallest absolute Gasteiger partial charge is 0.260 e. The van der Waals surface area contributed by atoms with Crippen LogP contribution in [-0.4, -0.2) is 48.5 Å². The molecule has 2 aliphatic heterocycles. The van der Waals surface area contributed by atoms with Crippen LogP contribution >= 0.6 is 0 Å². The fourth-order valence-electron chi connectivity index (χ4n) is 4.69. The normalized spacial score (nSPS) is 20.8. The number of hydrazine groups is 1. The summed E-state index contributed by atoms with van der Waals surface area (Å²) in [6.07, 6.45) is -0.986. The van der Waals surface area contributed by atoms with E-state index in [1.165, 1.54) is 18.2 Å². The quantitative estimate of drug-likeness (QED) is 0.402. The van der Waals surface area contributed by atoms with Crippen molar-refractivity contribution >= 4 is 23.3 Å². The van der Waals surface area contributed by atoms with Crippen LogP contribution in [0.15, 0.2) is 42.5 Å². The number of methoxy groups -OCH3 is 2. The third-order valence-corrected chi connectivity index (χ3v) is 6.85. The zero-order valence-electron chi connectivity index (χ0n) is 21.5. The second-order valence-electron chi connectivity index (χ2n) is 9.27. The van der Waals surface area contributed by atoms with Gasteiger partial charge < -0.3 is 20.1 Å². The molecule has 2 saturated heterocycles. The summed E-state index contributed by atoms with van der Waals surface area (Å²) in [4.78, 5) is 26.3. The van der Waals surface area contributed by atoms with Crippen LogP contribution < -0.4 is 35.9 Å². The predicted octanol–water partition coefficient (Wildman–Crippen LogP) is 2.22. The van der Waals surface area contributed by atoms with Crippen LogP contribution in [0.5, 0.6) is 11.5 Å². The van der Waals surface area contributed by atoms with E-state index in [9.17, 15) is 9.59 Å². The number of carbonyl (C=O) groups excluding carboxylic acids is 2. The molecule has 0 spiro atoms. The van der Waals surface area contributed by atoms with E-state index in [1.54, 1.807) is 36.1 Å². The van der Waals surface area contributed by atoms with Crippen molar-refractivity contribution in [3.63, 3.8) is 0 Å². The van der Waals surface area contributed by atoms with Gasteiger partial charge in [-0.05, 0) is 56.2 Å². The first-order valence-corrected chi connectivity index (χ1v) is 12.0. The Morgan fingerprint density at radius 3 is 2.59 bits per heavy atom. The first kappa shape index (κ1) is 24.6. The Morgan fingerprint density at radius 1 is 1.05 bits per heavy atom. The standard InChI is InChI=1S/C26H31N7O4/c1-14-6-7-17(10-15(14)2)32-23-20(13-27-32)25(35)30-26(29-23)33-22(11-16(3)31-33)28-24(34)19-9-8-18(36-4)12-21(19)37-5/h6-12,20,23,26-27,29H,13H2,1-5H3,(H,28,34)(H,30,35). The fourth-order valence-corrected chi connectivity index (χ4v) is 4.69. The van der Waals surface area contributed by atoms with Gasteiger partial charge in [0.15, 0.2) is 6.29 Å². The Hall–Kier alpha value is -4.09. The zero-order chi connectivity index (χ0) is 26.3. The lowest BCUT2D eigenvalue weighted by atomic mass is 10.0. The minimum atomic E-state index is -0.676. The van der Waals surface area contributed by atoms with Crippen molar-refractivity contribution in [3.05, 3.63) is 64.8 Å². The van der Waals surface area contributed by atoms with Gasteiger partial charge in [-0.15, -0.1) is 0 Å². The second kappa shape index (κ2) is 9.75. The van der Waals surface area contributed by atoms with E-state index in [1.807, 2.05) is 18.0 Å². The molecule has 3 unspecified atom stereocenters. The molecule has 2 aliphatic rings. The molecule has 37 heavy (non-hydrogen) atoms. The molecule has 11 heteroatoms. The van der Waals surface area contributed by atoms with Crippen molar-refractivity contribution in [2.24, 2.45) is 5.92 Å². The average Bonchev–Trinajstić information content (AvgIpc) is 3.48. The van der Waals surface area contributed by atoms with Crippen LogP contribution in [0.3, 0.4) is 0 Å². The number of amides is 2. The van der Waals surface area contributed by atoms with Crippen LogP contribution in [0.2, 0.25) is 0 Å². The number of nitrogens with one attached hydrogen (secondary N) is 4. The SMILES string of the molecule is COc1ccc(C(=O)Nc2cc(C)nn2C2NC(=O)C3CNN(c4ccc(C)c(C)c4)C3N2)c(OC)c1. The molecule has 3 atom stereocenters.